The average Bonchev–Trinajstić information content (AvgIpc) is 3.12. The van der Waals surface area contributed by atoms with Crippen molar-refractivity contribution >= 4 is 11.0 Å². The third-order valence-corrected chi connectivity index (χ3v) is 4.24. The first kappa shape index (κ1) is 15.8. The van der Waals surface area contributed by atoms with Gasteiger partial charge in [-0.3, -0.25) is 0 Å². The van der Waals surface area contributed by atoms with E-state index in [1.54, 1.807) is 12.1 Å². The van der Waals surface area contributed by atoms with Crippen LogP contribution in [0.2, 0.25) is 0 Å². The van der Waals surface area contributed by atoms with Crippen LogP contribution in [-0.2, 0) is 4.74 Å². The Balaban J connectivity index is 1.53. The number of benzene rings is 1. The van der Waals surface area contributed by atoms with Crippen molar-refractivity contribution in [3.8, 4) is 5.75 Å². The molecule has 0 unspecified atom stereocenters. The summed E-state index contributed by atoms with van der Waals surface area (Å²) in [5, 5.41) is 0.885. The van der Waals surface area contributed by atoms with Gasteiger partial charge >= 0.3 is 5.63 Å². The van der Waals surface area contributed by atoms with Crippen molar-refractivity contribution in [3.63, 3.8) is 0 Å². The second kappa shape index (κ2) is 6.20. The van der Waals surface area contributed by atoms with E-state index in [1.165, 1.54) is 11.6 Å². The van der Waals surface area contributed by atoms with E-state index >= 15 is 0 Å². The van der Waals surface area contributed by atoms with Crippen molar-refractivity contribution in [1.29, 1.82) is 0 Å². The Morgan fingerprint density at radius 1 is 1.30 bits per heavy atom. The van der Waals surface area contributed by atoms with Gasteiger partial charge in [-0.25, -0.2) is 4.79 Å². The Hall–Kier alpha value is -2.07. The van der Waals surface area contributed by atoms with Crippen molar-refractivity contribution in [2.24, 2.45) is 0 Å². The summed E-state index contributed by atoms with van der Waals surface area (Å²) in [6.45, 7) is 6.86. The van der Waals surface area contributed by atoms with Crippen LogP contribution in [0.25, 0.3) is 11.0 Å². The minimum Gasteiger partial charge on any atom is -0.489 e. The highest BCUT2D eigenvalue weighted by Gasteiger charge is 2.46. The molecule has 0 radical (unpaired) electrons. The summed E-state index contributed by atoms with van der Waals surface area (Å²) in [5.74, 6) is 0.697. The summed E-state index contributed by atoms with van der Waals surface area (Å²) in [6, 6.07) is 8.68. The van der Waals surface area contributed by atoms with Crippen molar-refractivity contribution in [2.45, 2.75) is 45.3 Å². The summed E-state index contributed by atoms with van der Waals surface area (Å²) >= 11 is 0. The molecule has 0 amide bonds. The van der Waals surface area contributed by atoms with Crippen molar-refractivity contribution in [2.75, 3.05) is 6.61 Å². The van der Waals surface area contributed by atoms with E-state index in [-0.39, 0.29) is 11.2 Å². The third kappa shape index (κ3) is 4.02. The van der Waals surface area contributed by atoms with Crippen LogP contribution in [-0.4, -0.2) is 18.3 Å². The van der Waals surface area contributed by atoms with E-state index in [0.29, 0.717) is 24.0 Å². The van der Waals surface area contributed by atoms with Crippen LogP contribution in [0.15, 0.2) is 51.2 Å². The normalized spacial score (nSPS) is 19.8. The summed E-state index contributed by atoms with van der Waals surface area (Å²) in [4.78, 5) is 11.2. The molecule has 4 heteroatoms. The standard InChI is InChI=1S/C19H22O4/c1-13(4-8-17-19(2,3)23-17)10-11-21-15-7-5-14-6-9-18(20)22-16(14)12-15/h5-7,9-10,12,17H,4,8,11H2,1-3H3/t17-/m1/s1. The molecule has 1 aliphatic heterocycles. The molecular weight excluding hydrogens is 292 g/mol. The minimum absolute atomic E-state index is 0.0613. The molecule has 1 atom stereocenters. The molecule has 3 rings (SSSR count). The van der Waals surface area contributed by atoms with Crippen molar-refractivity contribution in [3.05, 3.63) is 52.4 Å². The molecule has 0 aliphatic carbocycles. The van der Waals surface area contributed by atoms with E-state index in [2.05, 4.69) is 26.8 Å². The highest BCUT2D eigenvalue weighted by Crippen LogP contribution is 2.38. The van der Waals surface area contributed by atoms with Gasteiger partial charge in [-0.05, 0) is 57.9 Å². The van der Waals surface area contributed by atoms with Gasteiger partial charge in [0.05, 0.1) is 11.7 Å². The van der Waals surface area contributed by atoms with Crippen LogP contribution in [0.5, 0.6) is 5.75 Å². The Labute approximate surface area is 135 Å². The van der Waals surface area contributed by atoms with Gasteiger partial charge in [0.2, 0.25) is 0 Å². The molecular formula is C19H22O4. The molecule has 4 nitrogen and oxygen atoms in total. The minimum atomic E-state index is -0.351. The second-order valence-electron chi connectivity index (χ2n) is 6.56. The lowest BCUT2D eigenvalue weighted by atomic mass is 10.0. The first-order valence-corrected chi connectivity index (χ1v) is 7.94. The van der Waals surface area contributed by atoms with Gasteiger partial charge < -0.3 is 13.9 Å². The van der Waals surface area contributed by atoms with Crippen molar-refractivity contribution < 1.29 is 13.9 Å². The maximum absolute atomic E-state index is 11.2. The maximum atomic E-state index is 11.2. The fourth-order valence-electron chi connectivity index (χ4n) is 2.61. The van der Waals surface area contributed by atoms with E-state index in [9.17, 15) is 4.79 Å². The van der Waals surface area contributed by atoms with Crippen LogP contribution in [0.1, 0.15) is 33.6 Å². The lowest BCUT2D eigenvalue weighted by Crippen LogP contribution is -2.03. The van der Waals surface area contributed by atoms with Crippen LogP contribution < -0.4 is 10.4 Å². The molecule has 2 heterocycles. The van der Waals surface area contributed by atoms with E-state index in [4.69, 9.17) is 13.9 Å². The Morgan fingerprint density at radius 3 is 2.78 bits per heavy atom. The highest BCUT2D eigenvalue weighted by molar-refractivity contribution is 5.77. The maximum Gasteiger partial charge on any atom is 0.336 e. The largest absolute Gasteiger partial charge is 0.489 e. The number of hydrogen-bond donors (Lipinski definition) is 0. The topological polar surface area (TPSA) is 52.0 Å². The molecule has 0 spiro atoms. The fraction of sp³-hybridized carbons (Fsp3) is 0.421. The fourth-order valence-corrected chi connectivity index (χ4v) is 2.61. The van der Waals surface area contributed by atoms with Gasteiger partial charge in [0, 0.05) is 17.5 Å². The van der Waals surface area contributed by atoms with E-state index in [1.807, 2.05) is 12.1 Å². The van der Waals surface area contributed by atoms with Crippen molar-refractivity contribution in [1.82, 2.24) is 0 Å². The van der Waals surface area contributed by atoms with Gasteiger partial charge in [0.25, 0.3) is 0 Å². The molecule has 0 N–H and O–H groups in total. The lowest BCUT2D eigenvalue weighted by molar-refractivity contribution is 0.320. The Morgan fingerprint density at radius 2 is 2.04 bits per heavy atom. The summed E-state index contributed by atoms with van der Waals surface area (Å²) in [7, 11) is 0. The molecule has 23 heavy (non-hydrogen) atoms. The molecule has 1 saturated heterocycles. The smallest absolute Gasteiger partial charge is 0.336 e. The van der Waals surface area contributed by atoms with E-state index < -0.39 is 0 Å². The Bertz CT molecular complexity index is 785. The molecule has 1 aliphatic rings. The first-order valence-electron chi connectivity index (χ1n) is 7.94. The average molecular weight is 314 g/mol. The first-order chi connectivity index (χ1) is 10.9. The van der Waals surface area contributed by atoms with Gasteiger partial charge in [-0.2, -0.15) is 0 Å². The zero-order valence-electron chi connectivity index (χ0n) is 13.8. The molecule has 0 bridgehead atoms. The van der Waals surface area contributed by atoms with Crippen LogP contribution in [0, 0.1) is 0 Å². The van der Waals surface area contributed by atoms with E-state index in [0.717, 1.165) is 18.2 Å². The summed E-state index contributed by atoms with van der Waals surface area (Å²) in [5.41, 5.74) is 1.55. The molecule has 1 fully saturated rings. The van der Waals surface area contributed by atoms with Crippen LogP contribution >= 0.6 is 0 Å². The summed E-state index contributed by atoms with van der Waals surface area (Å²) < 4.78 is 16.5. The monoisotopic (exact) mass is 314 g/mol. The number of hydrogen-bond acceptors (Lipinski definition) is 4. The lowest BCUT2D eigenvalue weighted by Gasteiger charge is -2.05. The Kier molecular flexibility index (Phi) is 4.26. The molecule has 1 aromatic carbocycles. The zero-order chi connectivity index (χ0) is 16.4. The number of fused-ring (bicyclic) bond motifs is 1. The van der Waals surface area contributed by atoms with Gasteiger partial charge in [-0.15, -0.1) is 0 Å². The number of allylic oxidation sites excluding steroid dienone is 1. The van der Waals surface area contributed by atoms with Crippen LogP contribution in [0.4, 0.5) is 0 Å². The quantitative estimate of drug-likeness (QED) is 0.458. The molecule has 0 saturated carbocycles. The molecule has 122 valence electrons. The number of rotatable bonds is 6. The SMILES string of the molecule is CC(=CCOc1ccc2ccc(=O)oc2c1)CC[C@H]1OC1(C)C. The second-order valence-corrected chi connectivity index (χ2v) is 6.56. The van der Waals surface area contributed by atoms with Crippen LogP contribution in [0.3, 0.4) is 0 Å². The molecule has 1 aromatic heterocycles. The van der Waals surface area contributed by atoms with Gasteiger partial charge in [0.15, 0.2) is 0 Å². The van der Waals surface area contributed by atoms with Gasteiger partial charge in [0.1, 0.15) is 17.9 Å². The number of ether oxygens (including phenoxy) is 2. The highest BCUT2D eigenvalue weighted by atomic mass is 16.6. The zero-order valence-corrected chi connectivity index (χ0v) is 13.8. The predicted molar refractivity (Wildman–Crippen MR) is 89.9 cm³/mol. The number of epoxide rings is 1. The molecule has 2 aromatic rings. The van der Waals surface area contributed by atoms with Gasteiger partial charge in [-0.1, -0.05) is 5.57 Å². The predicted octanol–water partition coefficient (Wildman–Crippen LogP) is 4.08. The summed E-state index contributed by atoms with van der Waals surface area (Å²) in [6.07, 6.45) is 4.54. The third-order valence-electron chi connectivity index (χ3n) is 4.24.